The first-order valence-electron chi connectivity index (χ1n) is 7.68. The third kappa shape index (κ3) is 2.28. The van der Waals surface area contributed by atoms with Crippen molar-refractivity contribution in [3.05, 3.63) is 17.0 Å². The van der Waals surface area contributed by atoms with Crippen molar-refractivity contribution in [1.29, 1.82) is 0 Å². The predicted molar refractivity (Wildman–Crippen MR) is 74.2 cm³/mol. The van der Waals surface area contributed by atoms with Crippen LogP contribution in [0.15, 0.2) is 0 Å². The summed E-state index contributed by atoms with van der Waals surface area (Å²) in [6, 6.07) is 0.414. The van der Waals surface area contributed by atoms with Crippen molar-refractivity contribution < 1.29 is 4.79 Å². The van der Waals surface area contributed by atoms with E-state index >= 15 is 0 Å². The number of nitrogens with zero attached hydrogens (tertiary/aromatic N) is 2. The van der Waals surface area contributed by atoms with Gasteiger partial charge in [-0.15, -0.1) is 0 Å². The second-order valence-corrected chi connectivity index (χ2v) is 5.79. The number of likely N-dealkylation sites (tertiary alicyclic amines) is 1. The zero-order valence-electron chi connectivity index (χ0n) is 11.7. The highest BCUT2D eigenvalue weighted by molar-refractivity contribution is 5.94. The number of carbonyl (C=O) groups is 1. The molecule has 1 unspecified atom stereocenters. The molecule has 1 saturated heterocycles. The summed E-state index contributed by atoms with van der Waals surface area (Å²) in [5.41, 5.74) is 3.09. The van der Waals surface area contributed by atoms with Gasteiger partial charge in [-0.1, -0.05) is 6.92 Å². The lowest BCUT2D eigenvalue weighted by molar-refractivity contribution is 0.0600. The summed E-state index contributed by atoms with van der Waals surface area (Å²) < 4.78 is 0. The third-order valence-corrected chi connectivity index (χ3v) is 4.62. The standard InChI is InChI=1S/C15H23N3O/c1-2-11-7-5-6-10-18(11)15(19)14-12-8-3-4-9-13(12)16-17-14/h11H,2-10H2,1H3,(H,16,17). The summed E-state index contributed by atoms with van der Waals surface area (Å²) in [4.78, 5) is 14.8. The molecule has 1 N–H and O–H groups in total. The minimum atomic E-state index is 0.158. The average Bonchev–Trinajstić information content (AvgIpc) is 2.90. The monoisotopic (exact) mass is 261 g/mol. The Morgan fingerprint density at radius 2 is 2.16 bits per heavy atom. The van der Waals surface area contributed by atoms with Crippen LogP contribution in [0, 0.1) is 0 Å². The van der Waals surface area contributed by atoms with E-state index < -0.39 is 0 Å². The third-order valence-electron chi connectivity index (χ3n) is 4.62. The molecule has 4 nitrogen and oxygen atoms in total. The number of fused-ring (bicyclic) bond motifs is 1. The fourth-order valence-corrected chi connectivity index (χ4v) is 3.49. The zero-order valence-corrected chi connectivity index (χ0v) is 11.7. The van der Waals surface area contributed by atoms with Crippen LogP contribution in [-0.2, 0) is 12.8 Å². The maximum atomic E-state index is 12.7. The van der Waals surface area contributed by atoms with Gasteiger partial charge >= 0.3 is 0 Å². The van der Waals surface area contributed by atoms with Crippen molar-refractivity contribution >= 4 is 5.91 Å². The largest absolute Gasteiger partial charge is 0.334 e. The number of hydrogen-bond donors (Lipinski definition) is 1. The number of amides is 1. The van der Waals surface area contributed by atoms with Crippen LogP contribution in [0.25, 0.3) is 0 Å². The molecule has 0 bridgehead atoms. The molecule has 0 saturated carbocycles. The van der Waals surface area contributed by atoms with Crippen molar-refractivity contribution in [3.63, 3.8) is 0 Å². The number of hydrogen-bond acceptors (Lipinski definition) is 2. The Labute approximate surface area is 114 Å². The van der Waals surface area contributed by atoms with Gasteiger partial charge in [0, 0.05) is 23.8 Å². The molecule has 1 aromatic rings. The Morgan fingerprint density at radius 1 is 1.32 bits per heavy atom. The Morgan fingerprint density at radius 3 is 3.00 bits per heavy atom. The summed E-state index contributed by atoms with van der Waals surface area (Å²) in [7, 11) is 0. The highest BCUT2D eigenvalue weighted by Crippen LogP contribution is 2.26. The van der Waals surface area contributed by atoms with Crippen molar-refractivity contribution in [2.45, 2.75) is 64.3 Å². The van der Waals surface area contributed by atoms with Gasteiger partial charge in [-0.05, 0) is 51.4 Å². The van der Waals surface area contributed by atoms with Crippen LogP contribution in [-0.4, -0.2) is 33.6 Å². The minimum Gasteiger partial charge on any atom is -0.334 e. The number of aryl methyl sites for hydroxylation is 1. The quantitative estimate of drug-likeness (QED) is 0.889. The first-order chi connectivity index (χ1) is 9.31. The van der Waals surface area contributed by atoms with Gasteiger partial charge in [-0.2, -0.15) is 5.10 Å². The minimum absolute atomic E-state index is 0.158. The summed E-state index contributed by atoms with van der Waals surface area (Å²) in [6.07, 6.45) is 9.04. The highest BCUT2D eigenvalue weighted by atomic mass is 16.2. The zero-order chi connectivity index (χ0) is 13.2. The van der Waals surface area contributed by atoms with Gasteiger partial charge < -0.3 is 4.90 Å². The first-order valence-corrected chi connectivity index (χ1v) is 7.68. The topological polar surface area (TPSA) is 49.0 Å². The number of piperidine rings is 1. The number of nitrogens with one attached hydrogen (secondary N) is 1. The molecule has 0 spiro atoms. The number of carbonyl (C=O) groups excluding carboxylic acids is 1. The second kappa shape index (κ2) is 5.35. The van der Waals surface area contributed by atoms with E-state index in [4.69, 9.17) is 0 Å². The average molecular weight is 261 g/mol. The molecule has 1 atom stereocenters. The van der Waals surface area contributed by atoms with E-state index in [-0.39, 0.29) is 5.91 Å². The molecular weight excluding hydrogens is 238 g/mol. The molecule has 1 aromatic heterocycles. The fourth-order valence-electron chi connectivity index (χ4n) is 3.49. The van der Waals surface area contributed by atoms with Gasteiger partial charge in [-0.25, -0.2) is 0 Å². The van der Waals surface area contributed by atoms with E-state index in [1.165, 1.54) is 30.5 Å². The lowest BCUT2D eigenvalue weighted by Crippen LogP contribution is -2.43. The first kappa shape index (κ1) is 12.7. The lowest BCUT2D eigenvalue weighted by Gasteiger charge is -2.35. The number of aromatic amines is 1. The second-order valence-electron chi connectivity index (χ2n) is 5.79. The molecular formula is C15H23N3O. The molecule has 104 valence electrons. The van der Waals surface area contributed by atoms with Crippen LogP contribution in [0.4, 0.5) is 0 Å². The molecule has 2 aliphatic rings. The molecule has 1 aliphatic heterocycles. The lowest BCUT2D eigenvalue weighted by atomic mass is 9.94. The van der Waals surface area contributed by atoms with Crippen LogP contribution in [0.1, 0.15) is 67.2 Å². The number of H-pyrrole nitrogens is 1. The van der Waals surface area contributed by atoms with Gasteiger partial charge in [0.2, 0.25) is 0 Å². The van der Waals surface area contributed by atoms with Gasteiger partial charge in [0.25, 0.3) is 5.91 Å². The molecule has 1 amide bonds. The molecule has 2 heterocycles. The smallest absolute Gasteiger partial charge is 0.274 e. The Hall–Kier alpha value is -1.32. The van der Waals surface area contributed by atoms with E-state index in [1.54, 1.807) is 0 Å². The van der Waals surface area contributed by atoms with Crippen LogP contribution in [0.5, 0.6) is 0 Å². The van der Waals surface area contributed by atoms with Crippen molar-refractivity contribution in [2.75, 3.05) is 6.54 Å². The molecule has 1 aliphatic carbocycles. The molecule has 19 heavy (non-hydrogen) atoms. The van der Waals surface area contributed by atoms with Crippen LogP contribution in [0.3, 0.4) is 0 Å². The Bertz CT molecular complexity index is 466. The van der Waals surface area contributed by atoms with Crippen molar-refractivity contribution in [3.8, 4) is 0 Å². The van der Waals surface area contributed by atoms with E-state index in [1.807, 2.05) is 0 Å². The van der Waals surface area contributed by atoms with Gasteiger partial charge in [0.1, 0.15) is 0 Å². The highest BCUT2D eigenvalue weighted by Gasteiger charge is 2.30. The van der Waals surface area contributed by atoms with E-state index in [2.05, 4.69) is 22.0 Å². The van der Waals surface area contributed by atoms with E-state index in [9.17, 15) is 4.79 Å². The van der Waals surface area contributed by atoms with Gasteiger partial charge in [0.05, 0.1) is 0 Å². The number of aromatic nitrogens is 2. The molecule has 4 heteroatoms. The molecule has 0 aromatic carbocycles. The summed E-state index contributed by atoms with van der Waals surface area (Å²) in [5.74, 6) is 0.158. The number of rotatable bonds is 2. The van der Waals surface area contributed by atoms with E-state index in [0.29, 0.717) is 11.7 Å². The van der Waals surface area contributed by atoms with Gasteiger partial charge in [0.15, 0.2) is 5.69 Å². The predicted octanol–water partition coefficient (Wildman–Crippen LogP) is 2.69. The summed E-state index contributed by atoms with van der Waals surface area (Å²) in [5, 5.41) is 7.41. The van der Waals surface area contributed by atoms with Crippen LogP contribution in [0.2, 0.25) is 0 Å². The normalized spacial score (nSPS) is 23.2. The maximum Gasteiger partial charge on any atom is 0.274 e. The summed E-state index contributed by atoms with van der Waals surface area (Å²) >= 11 is 0. The van der Waals surface area contributed by atoms with Crippen LogP contribution < -0.4 is 0 Å². The summed E-state index contributed by atoms with van der Waals surface area (Å²) in [6.45, 7) is 3.08. The van der Waals surface area contributed by atoms with Gasteiger partial charge in [-0.3, -0.25) is 9.89 Å². The Balaban J connectivity index is 1.84. The van der Waals surface area contributed by atoms with Crippen molar-refractivity contribution in [1.82, 2.24) is 15.1 Å². The Kier molecular flexibility index (Phi) is 3.58. The maximum absolute atomic E-state index is 12.7. The molecule has 0 radical (unpaired) electrons. The SMILES string of the molecule is CCC1CCCCN1C(=O)c1n[nH]c2c1CCCC2. The van der Waals surface area contributed by atoms with Crippen molar-refractivity contribution in [2.24, 2.45) is 0 Å². The molecule has 3 rings (SSSR count). The van der Waals surface area contributed by atoms with Crippen LogP contribution >= 0.6 is 0 Å². The fraction of sp³-hybridized carbons (Fsp3) is 0.733. The molecule has 1 fully saturated rings. The van der Waals surface area contributed by atoms with E-state index in [0.717, 1.165) is 38.6 Å².